The number of para-hydroxylation sites is 1. The molecule has 168 valence electrons. The smallest absolute Gasteiger partial charge is 0.159 e. The van der Waals surface area contributed by atoms with Crippen LogP contribution in [0.3, 0.4) is 0 Å². The zero-order chi connectivity index (χ0) is 24.6. The highest BCUT2D eigenvalue weighted by Crippen LogP contribution is 2.36. The van der Waals surface area contributed by atoms with Crippen LogP contribution >= 0.6 is 0 Å². The number of hydrogen-bond donors (Lipinski definition) is 0. The highest BCUT2D eigenvalue weighted by atomic mass is 15.0. The summed E-state index contributed by atoms with van der Waals surface area (Å²) in [6.45, 7) is 2.08. The maximum atomic E-state index is 10.1. The topological polar surface area (TPSA) is 78.3 Å². The van der Waals surface area contributed by atoms with Gasteiger partial charge in [0.05, 0.1) is 27.8 Å². The molecular weight excluding hydrogens is 442 g/mol. The largest absolute Gasteiger partial charge is 0.308 e. The molecule has 0 fully saturated rings. The van der Waals surface area contributed by atoms with Crippen molar-refractivity contribution >= 4 is 21.8 Å². The van der Waals surface area contributed by atoms with Gasteiger partial charge in [0, 0.05) is 28.7 Å². The number of aryl methyl sites for hydroxylation is 1. The molecule has 0 spiro atoms. The van der Waals surface area contributed by atoms with Crippen LogP contribution in [0.2, 0.25) is 0 Å². The Morgan fingerprint density at radius 2 is 1.36 bits per heavy atom. The van der Waals surface area contributed by atoms with E-state index in [1.807, 2.05) is 30.3 Å². The summed E-state index contributed by atoms with van der Waals surface area (Å²) in [6, 6.07) is 33.3. The maximum Gasteiger partial charge on any atom is 0.159 e. The van der Waals surface area contributed by atoms with Gasteiger partial charge in [-0.15, -0.1) is 0 Å². The fourth-order valence-corrected chi connectivity index (χ4v) is 4.65. The number of aromatic nitrogens is 3. The molecule has 2 heterocycles. The predicted molar refractivity (Wildman–Crippen MR) is 141 cm³/mol. The summed E-state index contributed by atoms with van der Waals surface area (Å²) in [5, 5.41) is 21.4. The summed E-state index contributed by atoms with van der Waals surface area (Å²) in [6.07, 6.45) is 2.98. The summed E-state index contributed by atoms with van der Waals surface area (Å²) in [5.74, 6) is 0.473. The van der Waals surface area contributed by atoms with Gasteiger partial charge in [0.2, 0.25) is 0 Å². The molecule has 0 saturated heterocycles. The van der Waals surface area contributed by atoms with Crippen molar-refractivity contribution in [3.63, 3.8) is 0 Å². The monoisotopic (exact) mass is 461 g/mol. The Labute approximate surface area is 208 Å². The molecule has 0 amide bonds. The molecule has 2 aromatic heterocycles. The molecule has 5 nitrogen and oxygen atoms in total. The number of fused-ring (bicyclic) bond motifs is 3. The molecule has 6 aromatic rings. The van der Waals surface area contributed by atoms with Crippen molar-refractivity contribution in [3.05, 3.63) is 114 Å². The van der Waals surface area contributed by atoms with Gasteiger partial charge in [-0.3, -0.25) is 0 Å². The molecule has 5 heteroatoms. The zero-order valence-electron chi connectivity index (χ0n) is 19.5. The van der Waals surface area contributed by atoms with E-state index in [-0.39, 0.29) is 0 Å². The highest BCUT2D eigenvalue weighted by Gasteiger charge is 2.16. The first-order valence-electron chi connectivity index (χ1n) is 11.5. The van der Waals surface area contributed by atoms with Crippen LogP contribution in [-0.2, 0) is 0 Å². The standard InChI is InChI=1S/C31H19N5/c1-20-6-8-22(9-7-20)23-10-12-27-26-4-2-3-5-29(26)36(30(27)15-23)28-13-11-24(14-25(28)17-33)31-34-18-21(16-32)19-35-31/h2-15,18-19H,1H3. The summed E-state index contributed by atoms with van der Waals surface area (Å²) in [7, 11) is 0. The minimum atomic E-state index is 0.394. The predicted octanol–water partition coefficient (Wildman–Crippen LogP) is 6.96. The van der Waals surface area contributed by atoms with Crippen LogP contribution in [0.5, 0.6) is 0 Å². The van der Waals surface area contributed by atoms with Crippen molar-refractivity contribution in [3.8, 4) is 40.3 Å². The van der Waals surface area contributed by atoms with E-state index in [2.05, 4.69) is 82.1 Å². The van der Waals surface area contributed by atoms with Gasteiger partial charge < -0.3 is 4.57 Å². The van der Waals surface area contributed by atoms with Gasteiger partial charge in [-0.25, -0.2) is 9.97 Å². The van der Waals surface area contributed by atoms with Crippen LogP contribution in [0.25, 0.3) is 50.0 Å². The molecule has 0 bridgehead atoms. The van der Waals surface area contributed by atoms with E-state index in [0.717, 1.165) is 44.2 Å². The van der Waals surface area contributed by atoms with Crippen molar-refractivity contribution in [2.75, 3.05) is 0 Å². The van der Waals surface area contributed by atoms with Crippen molar-refractivity contribution in [2.24, 2.45) is 0 Å². The summed E-state index contributed by atoms with van der Waals surface area (Å²) in [4.78, 5) is 8.58. The van der Waals surface area contributed by atoms with Gasteiger partial charge in [-0.05, 0) is 48.4 Å². The van der Waals surface area contributed by atoms with Crippen LogP contribution in [0, 0.1) is 29.6 Å². The minimum Gasteiger partial charge on any atom is -0.308 e. The van der Waals surface area contributed by atoms with Crippen molar-refractivity contribution in [1.82, 2.24) is 14.5 Å². The van der Waals surface area contributed by atoms with Crippen LogP contribution in [-0.4, -0.2) is 14.5 Å². The van der Waals surface area contributed by atoms with Gasteiger partial charge >= 0.3 is 0 Å². The van der Waals surface area contributed by atoms with E-state index >= 15 is 0 Å². The molecule has 0 aliphatic carbocycles. The van der Waals surface area contributed by atoms with Crippen molar-refractivity contribution < 1.29 is 0 Å². The van der Waals surface area contributed by atoms with Gasteiger partial charge in [0.15, 0.2) is 5.82 Å². The number of benzene rings is 4. The molecule has 6 rings (SSSR count). The molecule has 0 aliphatic heterocycles. The molecule has 0 atom stereocenters. The van der Waals surface area contributed by atoms with E-state index < -0.39 is 0 Å². The second-order valence-electron chi connectivity index (χ2n) is 8.70. The normalized spacial score (nSPS) is 10.9. The van der Waals surface area contributed by atoms with Crippen LogP contribution < -0.4 is 0 Å². The second-order valence-corrected chi connectivity index (χ2v) is 8.70. The van der Waals surface area contributed by atoms with Gasteiger partial charge in [0.25, 0.3) is 0 Å². The maximum absolute atomic E-state index is 10.1. The Balaban J connectivity index is 1.58. The second kappa shape index (κ2) is 8.51. The first-order valence-corrected chi connectivity index (χ1v) is 11.5. The Bertz CT molecular complexity index is 1850. The number of hydrogen-bond acceptors (Lipinski definition) is 4. The summed E-state index contributed by atoms with van der Waals surface area (Å²) < 4.78 is 2.16. The molecule has 36 heavy (non-hydrogen) atoms. The summed E-state index contributed by atoms with van der Waals surface area (Å²) in [5.41, 5.74) is 7.98. The average Bonchev–Trinajstić information content (AvgIpc) is 3.26. The van der Waals surface area contributed by atoms with Gasteiger partial charge in [-0.1, -0.05) is 60.2 Å². The molecular formula is C31H19N5. The molecule has 4 aromatic carbocycles. The van der Waals surface area contributed by atoms with Crippen LogP contribution in [0.15, 0.2) is 97.3 Å². The third-order valence-electron chi connectivity index (χ3n) is 6.46. The lowest BCUT2D eigenvalue weighted by Crippen LogP contribution is -1.99. The molecule has 0 unspecified atom stereocenters. The van der Waals surface area contributed by atoms with Gasteiger partial charge in [-0.2, -0.15) is 10.5 Å². The van der Waals surface area contributed by atoms with E-state index in [1.54, 1.807) is 6.07 Å². The number of nitriles is 2. The fourth-order valence-electron chi connectivity index (χ4n) is 4.65. The lowest BCUT2D eigenvalue weighted by Gasteiger charge is -2.12. The molecule has 0 aliphatic rings. The lowest BCUT2D eigenvalue weighted by molar-refractivity contribution is 1.14. The van der Waals surface area contributed by atoms with E-state index in [0.29, 0.717) is 17.0 Å². The number of nitrogens with zero attached hydrogens (tertiary/aromatic N) is 5. The van der Waals surface area contributed by atoms with Gasteiger partial charge in [0.1, 0.15) is 12.1 Å². The highest BCUT2D eigenvalue weighted by molar-refractivity contribution is 6.10. The van der Waals surface area contributed by atoms with E-state index in [9.17, 15) is 5.26 Å². The Morgan fingerprint density at radius 1 is 0.667 bits per heavy atom. The molecule has 0 saturated carbocycles. The average molecular weight is 462 g/mol. The lowest BCUT2D eigenvalue weighted by atomic mass is 10.0. The van der Waals surface area contributed by atoms with E-state index in [4.69, 9.17) is 5.26 Å². The first kappa shape index (κ1) is 21.3. The van der Waals surface area contributed by atoms with E-state index in [1.165, 1.54) is 18.0 Å². The van der Waals surface area contributed by atoms with Crippen LogP contribution in [0.1, 0.15) is 16.7 Å². The molecule has 0 N–H and O–H groups in total. The minimum absolute atomic E-state index is 0.394. The van der Waals surface area contributed by atoms with Crippen LogP contribution in [0.4, 0.5) is 0 Å². The Morgan fingerprint density at radius 3 is 2.11 bits per heavy atom. The summed E-state index contributed by atoms with van der Waals surface area (Å²) >= 11 is 0. The Hall–Kier alpha value is -5.26. The third kappa shape index (κ3) is 3.48. The number of rotatable bonds is 3. The molecule has 0 radical (unpaired) electrons. The first-order chi connectivity index (χ1) is 17.7. The zero-order valence-corrected chi connectivity index (χ0v) is 19.5. The quantitative estimate of drug-likeness (QED) is 0.285. The Kier molecular flexibility index (Phi) is 5.03. The fraction of sp³-hybridized carbons (Fsp3) is 0.0323. The van der Waals surface area contributed by atoms with Crippen molar-refractivity contribution in [1.29, 1.82) is 10.5 Å². The SMILES string of the molecule is Cc1ccc(-c2ccc3c4ccccc4n(-c4ccc(-c5ncc(C#N)cn5)cc4C#N)c3c2)cc1. The van der Waals surface area contributed by atoms with Crippen molar-refractivity contribution in [2.45, 2.75) is 6.92 Å². The third-order valence-corrected chi connectivity index (χ3v) is 6.46.